The molecule has 124 valence electrons. The summed E-state index contributed by atoms with van der Waals surface area (Å²) in [6.07, 6.45) is -11.0. The van der Waals surface area contributed by atoms with Crippen molar-refractivity contribution in [3.63, 3.8) is 0 Å². The summed E-state index contributed by atoms with van der Waals surface area (Å²) >= 11 is 0. The first-order valence-electron chi connectivity index (χ1n) is 7.55. The molecule has 0 aromatic carbocycles. The van der Waals surface area contributed by atoms with Crippen molar-refractivity contribution in [2.75, 3.05) is 0 Å². The Balaban J connectivity index is 2.10. The maximum atomic E-state index is 14.7. The topological polar surface area (TPSA) is 0 Å². The standard InChI is InChI=1S/C15H22F6/c1-7-3-9(11(17)4-10(7)16)5-15(21)6-12(18)8(2)13(19)14(15)20/h7-14H,3-6H2,1-2H3/t7?,8?,9?,10?,11?,12?,13?,14?,15-/m1/s1. The van der Waals surface area contributed by atoms with E-state index >= 15 is 0 Å². The second-order valence-electron chi connectivity index (χ2n) is 6.90. The Labute approximate surface area is 121 Å². The second-order valence-corrected chi connectivity index (χ2v) is 6.90. The maximum absolute atomic E-state index is 14.7. The smallest absolute Gasteiger partial charge is 0.165 e. The summed E-state index contributed by atoms with van der Waals surface area (Å²) in [6.45, 7) is 2.79. The van der Waals surface area contributed by atoms with Crippen molar-refractivity contribution >= 4 is 0 Å². The van der Waals surface area contributed by atoms with Gasteiger partial charge in [-0.15, -0.1) is 0 Å². The summed E-state index contributed by atoms with van der Waals surface area (Å²) < 4.78 is 83.4. The fourth-order valence-electron chi connectivity index (χ4n) is 3.63. The summed E-state index contributed by atoms with van der Waals surface area (Å²) in [6, 6.07) is 0. The average molecular weight is 316 g/mol. The van der Waals surface area contributed by atoms with Gasteiger partial charge in [-0.05, 0) is 24.7 Å². The molecule has 0 heterocycles. The summed E-state index contributed by atoms with van der Waals surface area (Å²) in [5.41, 5.74) is -2.71. The van der Waals surface area contributed by atoms with Crippen LogP contribution in [0.4, 0.5) is 26.3 Å². The van der Waals surface area contributed by atoms with E-state index in [0.717, 1.165) is 0 Å². The van der Waals surface area contributed by atoms with Crippen molar-refractivity contribution in [2.45, 2.75) is 76.1 Å². The molecule has 2 aliphatic rings. The largest absolute Gasteiger partial charge is 0.247 e. The Morgan fingerprint density at radius 1 is 0.905 bits per heavy atom. The summed E-state index contributed by atoms with van der Waals surface area (Å²) in [4.78, 5) is 0. The number of hydrogen-bond acceptors (Lipinski definition) is 0. The molecule has 0 saturated heterocycles. The minimum Gasteiger partial charge on any atom is -0.247 e. The Kier molecular flexibility index (Phi) is 4.84. The Morgan fingerprint density at radius 3 is 2.14 bits per heavy atom. The molecule has 0 nitrogen and oxygen atoms in total. The maximum Gasteiger partial charge on any atom is 0.165 e. The zero-order valence-corrected chi connectivity index (χ0v) is 12.2. The van der Waals surface area contributed by atoms with Crippen LogP contribution in [0.2, 0.25) is 0 Å². The first kappa shape index (κ1) is 16.9. The van der Waals surface area contributed by atoms with E-state index in [-0.39, 0.29) is 12.8 Å². The third-order valence-corrected chi connectivity index (χ3v) is 5.24. The van der Waals surface area contributed by atoms with E-state index in [9.17, 15) is 26.3 Å². The van der Waals surface area contributed by atoms with Gasteiger partial charge in [0.05, 0.1) is 0 Å². The normalized spacial score (nSPS) is 55.4. The zero-order valence-electron chi connectivity index (χ0n) is 12.2. The van der Waals surface area contributed by atoms with E-state index in [1.807, 2.05) is 0 Å². The Morgan fingerprint density at radius 2 is 1.52 bits per heavy atom. The van der Waals surface area contributed by atoms with E-state index in [1.54, 1.807) is 6.92 Å². The molecule has 0 aromatic heterocycles. The predicted molar refractivity (Wildman–Crippen MR) is 68.6 cm³/mol. The van der Waals surface area contributed by atoms with Gasteiger partial charge in [-0.25, -0.2) is 26.3 Å². The van der Waals surface area contributed by atoms with Crippen LogP contribution in [0.5, 0.6) is 0 Å². The van der Waals surface area contributed by atoms with Gasteiger partial charge in [0.2, 0.25) is 0 Å². The summed E-state index contributed by atoms with van der Waals surface area (Å²) in [5.74, 6) is -2.54. The molecular weight excluding hydrogens is 294 g/mol. The van der Waals surface area contributed by atoms with Crippen LogP contribution >= 0.6 is 0 Å². The van der Waals surface area contributed by atoms with Crippen LogP contribution < -0.4 is 0 Å². The van der Waals surface area contributed by atoms with E-state index in [2.05, 4.69) is 0 Å². The Hall–Kier alpha value is -0.420. The highest BCUT2D eigenvalue weighted by atomic mass is 19.2. The Bertz CT molecular complexity index is 364. The van der Waals surface area contributed by atoms with Crippen LogP contribution in [-0.2, 0) is 0 Å². The van der Waals surface area contributed by atoms with Crippen LogP contribution in [0.3, 0.4) is 0 Å². The molecule has 0 bridgehead atoms. The molecule has 0 radical (unpaired) electrons. The van der Waals surface area contributed by atoms with Crippen molar-refractivity contribution in [3.8, 4) is 0 Å². The zero-order chi connectivity index (χ0) is 15.9. The molecular formula is C15H22F6. The van der Waals surface area contributed by atoms with Crippen molar-refractivity contribution in [3.05, 3.63) is 0 Å². The first-order chi connectivity index (χ1) is 9.65. The van der Waals surface area contributed by atoms with Crippen molar-refractivity contribution < 1.29 is 26.3 Å². The monoisotopic (exact) mass is 316 g/mol. The predicted octanol–water partition coefficient (Wildman–Crippen LogP) is 4.86. The summed E-state index contributed by atoms with van der Waals surface area (Å²) in [5, 5.41) is 0. The second kappa shape index (κ2) is 5.99. The molecule has 0 N–H and O–H groups in total. The van der Waals surface area contributed by atoms with Gasteiger partial charge < -0.3 is 0 Å². The van der Waals surface area contributed by atoms with Crippen LogP contribution in [-0.4, -0.2) is 36.5 Å². The van der Waals surface area contributed by atoms with Gasteiger partial charge >= 0.3 is 0 Å². The highest BCUT2D eigenvalue weighted by Crippen LogP contribution is 2.47. The lowest BCUT2D eigenvalue weighted by Crippen LogP contribution is -2.54. The van der Waals surface area contributed by atoms with Crippen molar-refractivity contribution in [2.24, 2.45) is 17.8 Å². The minimum absolute atomic E-state index is 0.0736. The van der Waals surface area contributed by atoms with Gasteiger partial charge in [0.15, 0.2) is 6.17 Å². The molecule has 0 aliphatic heterocycles. The molecule has 2 aliphatic carbocycles. The van der Waals surface area contributed by atoms with Gasteiger partial charge in [-0.1, -0.05) is 13.8 Å². The van der Waals surface area contributed by atoms with Gasteiger partial charge in [0.1, 0.15) is 30.4 Å². The summed E-state index contributed by atoms with van der Waals surface area (Å²) in [7, 11) is 0. The molecule has 0 spiro atoms. The SMILES string of the molecule is CC1CC(C[C@@]2(F)CC(F)C(C)C(F)C2F)C(F)CC1F. The fourth-order valence-corrected chi connectivity index (χ4v) is 3.63. The molecule has 2 fully saturated rings. The molecule has 0 amide bonds. The molecule has 2 saturated carbocycles. The lowest BCUT2D eigenvalue weighted by Gasteiger charge is -2.43. The number of rotatable bonds is 2. The van der Waals surface area contributed by atoms with Crippen molar-refractivity contribution in [1.29, 1.82) is 0 Å². The van der Waals surface area contributed by atoms with Crippen LogP contribution in [0.25, 0.3) is 0 Å². The lowest BCUT2D eigenvalue weighted by atomic mass is 9.69. The first-order valence-corrected chi connectivity index (χ1v) is 7.55. The quantitative estimate of drug-likeness (QED) is 0.638. The number of alkyl halides is 6. The number of hydrogen-bond donors (Lipinski definition) is 0. The number of halogens is 6. The molecule has 21 heavy (non-hydrogen) atoms. The molecule has 2 rings (SSSR count). The van der Waals surface area contributed by atoms with Crippen LogP contribution in [0.15, 0.2) is 0 Å². The molecule has 8 unspecified atom stereocenters. The third kappa shape index (κ3) is 3.19. The van der Waals surface area contributed by atoms with E-state index in [4.69, 9.17) is 0 Å². The fraction of sp³-hybridized carbons (Fsp3) is 1.00. The van der Waals surface area contributed by atoms with E-state index in [0.29, 0.717) is 0 Å². The molecule has 6 heteroatoms. The molecule has 0 aromatic rings. The minimum atomic E-state index is -2.71. The van der Waals surface area contributed by atoms with Gasteiger partial charge in [0.25, 0.3) is 0 Å². The van der Waals surface area contributed by atoms with Gasteiger partial charge in [-0.2, -0.15) is 0 Å². The van der Waals surface area contributed by atoms with Crippen LogP contribution in [0.1, 0.15) is 39.5 Å². The highest BCUT2D eigenvalue weighted by Gasteiger charge is 2.56. The van der Waals surface area contributed by atoms with E-state index < -0.39 is 67.1 Å². The average Bonchev–Trinajstić information content (AvgIpc) is 2.40. The van der Waals surface area contributed by atoms with Gasteiger partial charge in [0, 0.05) is 18.8 Å². The third-order valence-electron chi connectivity index (χ3n) is 5.24. The molecule has 9 atom stereocenters. The lowest BCUT2D eigenvalue weighted by molar-refractivity contribution is -0.110. The van der Waals surface area contributed by atoms with E-state index in [1.165, 1.54) is 6.92 Å². The van der Waals surface area contributed by atoms with Gasteiger partial charge in [-0.3, -0.25) is 0 Å². The van der Waals surface area contributed by atoms with Crippen molar-refractivity contribution in [1.82, 2.24) is 0 Å². The highest BCUT2D eigenvalue weighted by molar-refractivity contribution is 5.04. The van der Waals surface area contributed by atoms with Crippen LogP contribution in [0, 0.1) is 17.8 Å².